The van der Waals surface area contributed by atoms with Gasteiger partial charge in [-0.25, -0.2) is 8.78 Å². The Bertz CT molecular complexity index is 663. The molecule has 2 aliphatic rings. The number of aliphatic hydroxyl groups is 1. The predicted molar refractivity (Wildman–Crippen MR) is 98.7 cm³/mol. The summed E-state index contributed by atoms with van der Waals surface area (Å²) in [5.74, 6) is -4.78. The van der Waals surface area contributed by atoms with E-state index >= 15 is 0 Å². The van der Waals surface area contributed by atoms with Crippen molar-refractivity contribution in [2.24, 2.45) is 22.1 Å². The molecule has 0 radical (unpaired) electrons. The molecule has 158 valence electrons. The van der Waals surface area contributed by atoms with E-state index in [9.17, 15) is 28.3 Å². The Labute approximate surface area is 163 Å². The average molecular weight is 401 g/mol. The number of nitrogens with two attached hydrogens (primary N) is 1. The molecule has 1 heterocycles. The van der Waals surface area contributed by atoms with E-state index in [4.69, 9.17) is 5.73 Å². The van der Waals surface area contributed by atoms with E-state index in [2.05, 4.69) is 4.99 Å². The predicted octanol–water partition coefficient (Wildman–Crippen LogP) is 1.66. The highest BCUT2D eigenvalue weighted by atomic mass is 19.3. The van der Waals surface area contributed by atoms with Crippen LogP contribution in [0.25, 0.3) is 0 Å². The maximum absolute atomic E-state index is 13.3. The Hall–Kier alpha value is -1.90. The lowest BCUT2D eigenvalue weighted by molar-refractivity contribution is -0.144. The van der Waals surface area contributed by atoms with Crippen LogP contribution in [0.5, 0.6) is 0 Å². The molecule has 3 N–H and O–H groups in total. The van der Waals surface area contributed by atoms with E-state index in [0.29, 0.717) is 0 Å². The quantitative estimate of drug-likeness (QED) is 0.549. The number of amidine groups is 1. The molecule has 0 spiro atoms. The molecule has 2 fully saturated rings. The molecular weight excluding hydrogens is 372 g/mol. The Morgan fingerprint density at radius 1 is 1.21 bits per heavy atom. The van der Waals surface area contributed by atoms with Crippen molar-refractivity contribution in [1.82, 2.24) is 4.90 Å². The first-order valence-corrected chi connectivity index (χ1v) is 9.57. The van der Waals surface area contributed by atoms with E-state index in [1.165, 1.54) is 4.90 Å². The summed E-state index contributed by atoms with van der Waals surface area (Å²) in [6, 6.07) is -0.992. The zero-order valence-corrected chi connectivity index (χ0v) is 16.6. The molecule has 7 nitrogen and oxygen atoms in total. The molecule has 1 aliphatic carbocycles. The Balaban J connectivity index is 2.06. The number of aliphatic imine (C=N–C) groups is 1. The number of amides is 2. The number of Topliss-reactive ketones (excluding diaryl/α,β-unsaturated/α-hetero) is 1. The largest absolute Gasteiger partial charge is 0.391 e. The fraction of sp³-hybridized carbons (Fsp3) is 0.789. The van der Waals surface area contributed by atoms with Gasteiger partial charge in [-0.3, -0.25) is 14.4 Å². The molecule has 28 heavy (non-hydrogen) atoms. The van der Waals surface area contributed by atoms with Crippen LogP contribution in [0.1, 0.15) is 59.3 Å². The van der Waals surface area contributed by atoms with Crippen molar-refractivity contribution in [3.63, 3.8) is 0 Å². The summed E-state index contributed by atoms with van der Waals surface area (Å²) in [7, 11) is 0. The molecule has 0 bridgehead atoms. The molecule has 2 rings (SSSR count). The molecule has 2 atom stereocenters. The van der Waals surface area contributed by atoms with E-state index in [1.54, 1.807) is 20.8 Å². The van der Waals surface area contributed by atoms with Crippen LogP contribution in [0.15, 0.2) is 4.99 Å². The molecule has 0 aromatic heterocycles. The number of β-amino-alcohol motifs (C(OH)–C–C–N with tert-alkyl or cyclic N) is 1. The van der Waals surface area contributed by atoms with Crippen molar-refractivity contribution in [2.45, 2.75) is 77.4 Å². The molecule has 1 saturated heterocycles. The topological polar surface area (TPSA) is 113 Å². The van der Waals surface area contributed by atoms with Crippen LogP contribution < -0.4 is 5.73 Å². The smallest absolute Gasteiger partial charge is 0.270 e. The number of likely N-dealkylation sites (tertiary alicyclic amines) is 1. The fourth-order valence-electron chi connectivity index (χ4n) is 3.50. The molecule has 1 saturated carbocycles. The van der Waals surface area contributed by atoms with Gasteiger partial charge in [-0.05, 0) is 12.8 Å². The third kappa shape index (κ3) is 5.56. The van der Waals surface area contributed by atoms with Crippen molar-refractivity contribution in [3.8, 4) is 0 Å². The van der Waals surface area contributed by atoms with Crippen LogP contribution >= 0.6 is 0 Å². The molecular formula is C19H29F2N3O4. The summed E-state index contributed by atoms with van der Waals surface area (Å²) in [5.41, 5.74) is 5.10. The van der Waals surface area contributed by atoms with Gasteiger partial charge in [-0.1, -0.05) is 20.8 Å². The molecule has 0 aromatic rings. The third-order valence-corrected chi connectivity index (χ3v) is 5.35. The number of alkyl halides is 2. The molecule has 0 aromatic carbocycles. The van der Waals surface area contributed by atoms with Gasteiger partial charge >= 0.3 is 0 Å². The van der Waals surface area contributed by atoms with Gasteiger partial charge in [0.15, 0.2) is 0 Å². The normalized spacial score (nSPS) is 26.4. The monoisotopic (exact) mass is 401 g/mol. The number of hydrogen-bond acceptors (Lipinski definition) is 4. The van der Waals surface area contributed by atoms with E-state index in [1.807, 2.05) is 0 Å². The second kappa shape index (κ2) is 8.23. The molecule has 9 heteroatoms. The number of rotatable bonds is 4. The van der Waals surface area contributed by atoms with Crippen LogP contribution in [0.2, 0.25) is 0 Å². The first kappa shape index (κ1) is 22.4. The van der Waals surface area contributed by atoms with Crippen molar-refractivity contribution in [1.29, 1.82) is 0 Å². The minimum Gasteiger partial charge on any atom is -0.391 e. The zero-order chi connectivity index (χ0) is 21.3. The second-order valence-corrected chi connectivity index (χ2v) is 8.82. The number of ketones is 1. The molecule has 2 unspecified atom stereocenters. The van der Waals surface area contributed by atoms with E-state index in [0.717, 1.165) is 0 Å². The van der Waals surface area contributed by atoms with Crippen LogP contribution in [0, 0.1) is 11.3 Å². The van der Waals surface area contributed by atoms with Gasteiger partial charge in [0.1, 0.15) is 17.7 Å². The number of carbonyl (C=O) groups is 3. The van der Waals surface area contributed by atoms with Crippen LogP contribution in [0.3, 0.4) is 0 Å². The number of aliphatic hydroxyl groups excluding tert-OH is 1. The van der Waals surface area contributed by atoms with E-state index < -0.39 is 41.2 Å². The highest BCUT2D eigenvalue weighted by Crippen LogP contribution is 2.37. The Morgan fingerprint density at radius 2 is 1.79 bits per heavy atom. The minimum atomic E-state index is -2.76. The zero-order valence-electron chi connectivity index (χ0n) is 16.6. The van der Waals surface area contributed by atoms with Crippen molar-refractivity contribution in [3.05, 3.63) is 0 Å². The van der Waals surface area contributed by atoms with Crippen LogP contribution in [-0.2, 0) is 14.4 Å². The fourth-order valence-corrected chi connectivity index (χ4v) is 3.50. The number of halogens is 2. The van der Waals surface area contributed by atoms with Gasteiger partial charge in [-0.2, -0.15) is 4.99 Å². The van der Waals surface area contributed by atoms with Gasteiger partial charge in [0, 0.05) is 37.1 Å². The summed E-state index contributed by atoms with van der Waals surface area (Å²) < 4.78 is 26.7. The SMILES string of the molecule is CC(C)(C)C(=O)CC(N)=NC(=O)C1CC(O)CN1C(=O)C1CCC(F)(F)CC1. The van der Waals surface area contributed by atoms with Gasteiger partial charge in [-0.15, -0.1) is 0 Å². The summed E-state index contributed by atoms with van der Waals surface area (Å²) in [6.07, 6.45) is -1.70. The lowest BCUT2D eigenvalue weighted by Crippen LogP contribution is -2.45. The van der Waals surface area contributed by atoms with Gasteiger partial charge in [0.2, 0.25) is 11.8 Å². The second-order valence-electron chi connectivity index (χ2n) is 8.82. The van der Waals surface area contributed by atoms with Gasteiger partial charge in [0.05, 0.1) is 12.5 Å². The first-order chi connectivity index (χ1) is 12.8. The van der Waals surface area contributed by atoms with E-state index in [-0.39, 0.29) is 56.7 Å². The molecule has 1 aliphatic heterocycles. The lowest BCUT2D eigenvalue weighted by Gasteiger charge is -2.32. The average Bonchev–Trinajstić information content (AvgIpc) is 2.95. The highest BCUT2D eigenvalue weighted by Gasteiger charge is 2.44. The Kier molecular flexibility index (Phi) is 6.58. The van der Waals surface area contributed by atoms with Gasteiger partial charge < -0.3 is 15.7 Å². The van der Waals surface area contributed by atoms with Crippen molar-refractivity contribution >= 4 is 23.4 Å². The maximum Gasteiger partial charge on any atom is 0.270 e. The Morgan fingerprint density at radius 3 is 2.32 bits per heavy atom. The third-order valence-electron chi connectivity index (χ3n) is 5.35. The summed E-state index contributed by atoms with van der Waals surface area (Å²) in [6.45, 7) is 5.14. The number of carbonyl (C=O) groups excluding carboxylic acids is 3. The standard InChI is InChI=1S/C19H29F2N3O4/c1-18(2,3)14(26)9-15(22)23-16(27)13-8-12(25)10-24(13)17(28)11-4-6-19(20,21)7-5-11/h11-13,25H,4-10H2,1-3H3,(H2,22,23,27). The van der Waals surface area contributed by atoms with Crippen LogP contribution in [0.4, 0.5) is 8.78 Å². The highest BCUT2D eigenvalue weighted by molar-refractivity contribution is 6.06. The molecule has 2 amide bonds. The van der Waals surface area contributed by atoms with Gasteiger partial charge in [0.25, 0.3) is 5.91 Å². The van der Waals surface area contributed by atoms with Crippen LogP contribution in [-0.4, -0.2) is 58.1 Å². The van der Waals surface area contributed by atoms with Crippen molar-refractivity contribution < 1.29 is 28.3 Å². The first-order valence-electron chi connectivity index (χ1n) is 9.57. The summed E-state index contributed by atoms with van der Waals surface area (Å²) in [4.78, 5) is 42.3. The maximum atomic E-state index is 13.3. The number of hydrogen-bond donors (Lipinski definition) is 2. The summed E-state index contributed by atoms with van der Waals surface area (Å²) >= 11 is 0. The minimum absolute atomic E-state index is 0.0114. The summed E-state index contributed by atoms with van der Waals surface area (Å²) in [5, 5.41) is 9.94. The lowest BCUT2D eigenvalue weighted by atomic mass is 9.85. The van der Waals surface area contributed by atoms with Crippen molar-refractivity contribution in [2.75, 3.05) is 6.54 Å². The number of nitrogens with zero attached hydrogens (tertiary/aromatic N) is 2.